The zero-order chi connectivity index (χ0) is 21.0. The maximum atomic E-state index is 13.5. The van der Waals surface area contributed by atoms with Crippen molar-refractivity contribution in [3.63, 3.8) is 0 Å². The summed E-state index contributed by atoms with van der Waals surface area (Å²) in [5, 5.41) is 0. The fraction of sp³-hybridized carbons (Fsp3) is 0.500. The van der Waals surface area contributed by atoms with Gasteiger partial charge in [-0.3, -0.25) is 9.59 Å². The van der Waals surface area contributed by atoms with Crippen molar-refractivity contribution in [3.05, 3.63) is 69.1 Å². The molecule has 5 heteroatoms. The van der Waals surface area contributed by atoms with Crippen molar-refractivity contribution in [2.75, 3.05) is 33.2 Å². The van der Waals surface area contributed by atoms with Gasteiger partial charge in [0.05, 0.1) is 0 Å². The standard InChI is InChI=1S/C24H33N3O2/c1-18-15-19(2)26(4)23(28)22(18)24(29)27(14-12-20-9-6-5-7-10-20)17-21-11-8-13-25(3)16-21/h5-7,9-10,15,21H,8,11-14,16-17H2,1-4H3/t21-/m1/s1. The first-order valence-electron chi connectivity index (χ1n) is 10.6. The lowest BCUT2D eigenvalue weighted by Gasteiger charge is -2.34. The van der Waals surface area contributed by atoms with E-state index in [1.807, 2.05) is 43.0 Å². The largest absolute Gasteiger partial charge is 0.338 e. The number of rotatable bonds is 6. The van der Waals surface area contributed by atoms with E-state index in [1.54, 1.807) is 11.6 Å². The van der Waals surface area contributed by atoms with Crippen LogP contribution in [0.4, 0.5) is 0 Å². The first-order chi connectivity index (χ1) is 13.9. The van der Waals surface area contributed by atoms with Crippen LogP contribution in [0.25, 0.3) is 0 Å². The SMILES string of the molecule is Cc1cc(C)n(C)c(=O)c1C(=O)N(CCc1ccccc1)C[C@@H]1CCCN(C)C1. The molecule has 0 N–H and O–H groups in total. The van der Waals surface area contributed by atoms with Gasteiger partial charge >= 0.3 is 0 Å². The van der Waals surface area contributed by atoms with Crippen molar-refractivity contribution in [3.8, 4) is 0 Å². The van der Waals surface area contributed by atoms with Gasteiger partial charge in [0, 0.05) is 32.4 Å². The van der Waals surface area contributed by atoms with Crippen LogP contribution in [-0.2, 0) is 13.5 Å². The Kier molecular flexibility index (Phi) is 6.91. The predicted molar refractivity (Wildman–Crippen MR) is 117 cm³/mol. The van der Waals surface area contributed by atoms with Crippen LogP contribution < -0.4 is 5.56 Å². The zero-order valence-corrected chi connectivity index (χ0v) is 18.1. The second kappa shape index (κ2) is 9.40. The second-order valence-electron chi connectivity index (χ2n) is 8.47. The molecule has 156 valence electrons. The second-order valence-corrected chi connectivity index (χ2v) is 8.47. The molecule has 5 nitrogen and oxygen atoms in total. The van der Waals surface area contributed by atoms with Crippen LogP contribution in [0.5, 0.6) is 0 Å². The molecule has 0 radical (unpaired) electrons. The summed E-state index contributed by atoms with van der Waals surface area (Å²) in [5.74, 6) is 0.315. The van der Waals surface area contributed by atoms with Crippen LogP contribution in [0.2, 0.25) is 0 Å². The van der Waals surface area contributed by atoms with Crippen molar-refractivity contribution < 1.29 is 4.79 Å². The van der Waals surface area contributed by atoms with Crippen molar-refractivity contribution in [1.82, 2.24) is 14.4 Å². The summed E-state index contributed by atoms with van der Waals surface area (Å²) < 4.78 is 1.57. The van der Waals surface area contributed by atoms with Crippen molar-refractivity contribution >= 4 is 5.91 Å². The third-order valence-electron chi connectivity index (χ3n) is 6.08. The Morgan fingerprint density at radius 3 is 2.59 bits per heavy atom. The molecule has 1 fully saturated rings. The molecule has 0 unspecified atom stereocenters. The molecule has 0 saturated carbocycles. The molecule has 0 spiro atoms. The van der Waals surface area contributed by atoms with Crippen molar-refractivity contribution in [2.45, 2.75) is 33.1 Å². The van der Waals surface area contributed by atoms with Gasteiger partial charge in [0.2, 0.25) is 0 Å². The molecule has 1 aliphatic heterocycles. The summed E-state index contributed by atoms with van der Waals surface area (Å²) in [6.45, 7) is 7.21. The Balaban J connectivity index is 1.86. The van der Waals surface area contributed by atoms with Gasteiger partial charge in [-0.15, -0.1) is 0 Å². The van der Waals surface area contributed by atoms with Gasteiger partial charge in [0.1, 0.15) is 5.56 Å². The highest BCUT2D eigenvalue weighted by atomic mass is 16.2. The fourth-order valence-electron chi connectivity index (χ4n) is 4.32. The lowest BCUT2D eigenvalue weighted by Crippen LogP contribution is -2.44. The Morgan fingerprint density at radius 1 is 1.17 bits per heavy atom. The average Bonchev–Trinajstić information content (AvgIpc) is 2.70. The van der Waals surface area contributed by atoms with E-state index in [1.165, 1.54) is 5.56 Å². The minimum atomic E-state index is -0.196. The zero-order valence-electron chi connectivity index (χ0n) is 18.1. The first kappa shape index (κ1) is 21.3. The van der Waals surface area contributed by atoms with Crippen molar-refractivity contribution in [2.24, 2.45) is 13.0 Å². The van der Waals surface area contributed by atoms with Gasteiger partial charge < -0.3 is 14.4 Å². The van der Waals surface area contributed by atoms with Crippen LogP contribution in [0, 0.1) is 19.8 Å². The smallest absolute Gasteiger partial charge is 0.263 e. The summed E-state index contributed by atoms with van der Waals surface area (Å²) in [6.07, 6.45) is 3.08. The molecule has 1 atom stereocenters. The number of carbonyl (C=O) groups is 1. The first-order valence-corrected chi connectivity index (χ1v) is 10.6. The number of hydrogen-bond donors (Lipinski definition) is 0. The van der Waals surface area contributed by atoms with E-state index in [0.717, 1.165) is 43.6 Å². The van der Waals surface area contributed by atoms with Crippen LogP contribution in [0.15, 0.2) is 41.2 Å². The molecule has 0 bridgehead atoms. The maximum absolute atomic E-state index is 13.5. The van der Waals surface area contributed by atoms with E-state index < -0.39 is 0 Å². The topological polar surface area (TPSA) is 45.6 Å². The quantitative estimate of drug-likeness (QED) is 0.755. The molecule has 3 rings (SSSR count). The van der Waals surface area contributed by atoms with Crippen molar-refractivity contribution in [1.29, 1.82) is 0 Å². The maximum Gasteiger partial charge on any atom is 0.263 e. The number of benzene rings is 1. The Morgan fingerprint density at radius 2 is 1.90 bits per heavy atom. The Hall–Kier alpha value is -2.40. The summed E-state index contributed by atoms with van der Waals surface area (Å²) in [4.78, 5) is 30.7. The number of aromatic nitrogens is 1. The number of piperidine rings is 1. The number of aryl methyl sites for hydroxylation is 2. The van der Waals surface area contributed by atoms with E-state index >= 15 is 0 Å². The van der Waals surface area contributed by atoms with Gasteiger partial charge in [-0.1, -0.05) is 30.3 Å². The summed E-state index contributed by atoms with van der Waals surface area (Å²) in [7, 11) is 3.88. The Labute approximate surface area is 173 Å². The van der Waals surface area contributed by atoms with Crippen LogP contribution in [-0.4, -0.2) is 53.5 Å². The highest BCUT2D eigenvalue weighted by molar-refractivity contribution is 5.95. The number of carbonyl (C=O) groups excluding carboxylic acids is 1. The predicted octanol–water partition coefficient (Wildman–Crippen LogP) is 3.03. The van der Waals surface area contributed by atoms with Crippen LogP contribution in [0.1, 0.15) is 40.0 Å². The molecule has 29 heavy (non-hydrogen) atoms. The van der Waals surface area contributed by atoms with Crippen LogP contribution >= 0.6 is 0 Å². The third kappa shape index (κ3) is 5.15. The van der Waals surface area contributed by atoms with E-state index in [-0.39, 0.29) is 11.5 Å². The molecule has 1 aliphatic rings. The number of likely N-dealkylation sites (tertiary alicyclic amines) is 1. The highest BCUT2D eigenvalue weighted by Crippen LogP contribution is 2.19. The lowest BCUT2D eigenvalue weighted by atomic mass is 9.97. The number of nitrogens with zero attached hydrogens (tertiary/aromatic N) is 3. The molecule has 1 amide bonds. The van der Waals surface area contributed by atoms with E-state index in [2.05, 4.69) is 24.1 Å². The number of hydrogen-bond acceptors (Lipinski definition) is 3. The van der Waals surface area contributed by atoms with Gasteiger partial charge in [-0.05, 0) is 69.8 Å². The van der Waals surface area contributed by atoms with Crippen LogP contribution in [0.3, 0.4) is 0 Å². The highest BCUT2D eigenvalue weighted by Gasteiger charge is 2.26. The average molecular weight is 396 g/mol. The molecule has 2 aromatic rings. The number of amides is 1. The third-order valence-corrected chi connectivity index (χ3v) is 6.08. The monoisotopic (exact) mass is 395 g/mol. The van der Waals surface area contributed by atoms with E-state index in [0.29, 0.717) is 24.6 Å². The van der Waals surface area contributed by atoms with E-state index in [4.69, 9.17) is 0 Å². The normalized spacial score (nSPS) is 17.3. The molecule has 0 aliphatic carbocycles. The minimum Gasteiger partial charge on any atom is -0.338 e. The summed E-state index contributed by atoms with van der Waals surface area (Å²) in [6, 6.07) is 12.2. The van der Waals surface area contributed by atoms with Gasteiger partial charge in [0.15, 0.2) is 0 Å². The molecule has 1 aromatic heterocycles. The minimum absolute atomic E-state index is 0.132. The van der Waals surface area contributed by atoms with Gasteiger partial charge in [-0.25, -0.2) is 0 Å². The van der Waals surface area contributed by atoms with Gasteiger partial charge in [0.25, 0.3) is 11.5 Å². The van der Waals surface area contributed by atoms with Gasteiger partial charge in [-0.2, -0.15) is 0 Å². The number of pyridine rings is 1. The molecular formula is C24H33N3O2. The molecule has 1 saturated heterocycles. The molecule has 2 heterocycles. The summed E-state index contributed by atoms with van der Waals surface area (Å²) in [5.41, 5.74) is 2.96. The molecular weight excluding hydrogens is 362 g/mol. The molecule has 1 aromatic carbocycles. The Bertz CT molecular complexity index is 904. The lowest BCUT2D eigenvalue weighted by molar-refractivity contribution is 0.0690. The fourth-order valence-corrected chi connectivity index (χ4v) is 4.32. The van der Waals surface area contributed by atoms with E-state index in [9.17, 15) is 9.59 Å². The summed E-state index contributed by atoms with van der Waals surface area (Å²) >= 11 is 0.